The first kappa shape index (κ1) is 20.5. The minimum absolute atomic E-state index is 0.500. The second-order valence-corrected chi connectivity index (χ2v) is 7.29. The molecule has 4 rings (SSSR count). The molecule has 8 heteroatoms. The van der Waals surface area contributed by atoms with Gasteiger partial charge in [0.1, 0.15) is 5.82 Å². The Morgan fingerprint density at radius 1 is 0.871 bits per heavy atom. The lowest BCUT2D eigenvalue weighted by Gasteiger charge is -2.15. The average Bonchev–Trinajstić information content (AvgIpc) is 3.24. The van der Waals surface area contributed by atoms with Gasteiger partial charge < -0.3 is 19.5 Å². The summed E-state index contributed by atoms with van der Waals surface area (Å²) in [6.07, 6.45) is 1.72. The third-order valence-electron chi connectivity index (χ3n) is 4.97. The van der Waals surface area contributed by atoms with E-state index in [0.29, 0.717) is 41.1 Å². The third-order valence-corrected chi connectivity index (χ3v) is 4.97. The van der Waals surface area contributed by atoms with Crippen LogP contribution in [0.5, 0.6) is 17.2 Å². The van der Waals surface area contributed by atoms with Gasteiger partial charge in [-0.05, 0) is 43.7 Å². The van der Waals surface area contributed by atoms with E-state index < -0.39 is 0 Å². The molecule has 0 aliphatic carbocycles. The summed E-state index contributed by atoms with van der Waals surface area (Å²) >= 11 is 0. The molecule has 0 aliphatic heterocycles. The second-order valence-electron chi connectivity index (χ2n) is 7.29. The lowest BCUT2D eigenvalue weighted by Crippen LogP contribution is -2.05. The Morgan fingerprint density at radius 2 is 1.55 bits per heavy atom. The molecule has 160 valence electrons. The fraction of sp³-hybridized carbons (Fsp3) is 0.261. The van der Waals surface area contributed by atoms with E-state index in [9.17, 15) is 0 Å². The first-order valence-corrected chi connectivity index (χ1v) is 9.85. The number of hydrogen-bond acceptors (Lipinski definition) is 7. The van der Waals surface area contributed by atoms with E-state index in [1.165, 1.54) is 0 Å². The molecule has 8 nitrogen and oxygen atoms in total. The van der Waals surface area contributed by atoms with Gasteiger partial charge in [-0.25, -0.2) is 9.97 Å². The summed E-state index contributed by atoms with van der Waals surface area (Å²) in [5.74, 6) is 3.10. The number of aryl methyl sites for hydroxylation is 2. The number of fused-ring (bicyclic) bond motifs is 1. The summed E-state index contributed by atoms with van der Waals surface area (Å²) in [5, 5.41) is 11.3. The molecule has 0 fully saturated rings. The van der Waals surface area contributed by atoms with Crippen LogP contribution in [0.3, 0.4) is 0 Å². The zero-order chi connectivity index (χ0) is 22.0. The highest BCUT2D eigenvalue weighted by Gasteiger charge is 2.15. The van der Waals surface area contributed by atoms with Crippen LogP contribution in [-0.4, -0.2) is 41.5 Å². The fourth-order valence-electron chi connectivity index (χ4n) is 3.63. The van der Waals surface area contributed by atoms with E-state index in [0.717, 1.165) is 27.6 Å². The Morgan fingerprint density at radius 3 is 2.16 bits per heavy atom. The molecule has 2 N–H and O–H groups in total. The van der Waals surface area contributed by atoms with Gasteiger partial charge in [-0.1, -0.05) is 17.2 Å². The molecule has 31 heavy (non-hydrogen) atoms. The zero-order valence-electron chi connectivity index (χ0n) is 18.2. The van der Waals surface area contributed by atoms with Crippen LogP contribution in [0, 0.1) is 13.8 Å². The molecule has 2 aromatic heterocycles. The quantitative estimate of drug-likeness (QED) is 0.462. The van der Waals surface area contributed by atoms with Crippen LogP contribution in [0.2, 0.25) is 0 Å². The van der Waals surface area contributed by atoms with Crippen LogP contribution in [0.4, 0.5) is 5.82 Å². The van der Waals surface area contributed by atoms with Crippen LogP contribution in [0.15, 0.2) is 36.5 Å². The van der Waals surface area contributed by atoms with Crippen molar-refractivity contribution in [3.05, 3.63) is 53.2 Å². The van der Waals surface area contributed by atoms with Gasteiger partial charge in [-0.15, -0.1) is 0 Å². The third kappa shape index (κ3) is 4.09. The van der Waals surface area contributed by atoms with Gasteiger partial charge >= 0.3 is 0 Å². The van der Waals surface area contributed by atoms with Gasteiger partial charge in [0.2, 0.25) is 5.75 Å². The van der Waals surface area contributed by atoms with Crippen LogP contribution >= 0.6 is 0 Å². The highest BCUT2D eigenvalue weighted by atomic mass is 16.5. The van der Waals surface area contributed by atoms with Crippen LogP contribution in [0.25, 0.3) is 22.4 Å². The lowest BCUT2D eigenvalue weighted by atomic mass is 10.1. The maximum Gasteiger partial charge on any atom is 0.203 e. The number of aromatic amines is 1. The number of H-pyrrole nitrogens is 1. The summed E-state index contributed by atoms with van der Waals surface area (Å²) in [7, 11) is 4.79. The van der Waals surface area contributed by atoms with Crippen molar-refractivity contribution in [1.29, 1.82) is 0 Å². The maximum atomic E-state index is 5.46. The van der Waals surface area contributed by atoms with Crippen molar-refractivity contribution in [2.24, 2.45) is 0 Å². The Labute approximate surface area is 180 Å². The molecule has 0 spiro atoms. The predicted octanol–water partition coefficient (Wildman–Crippen LogP) is 4.27. The summed E-state index contributed by atoms with van der Waals surface area (Å²) < 4.78 is 16.3. The Kier molecular flexibility index (Phi) is 5.62. The molecule has 0 aliphatic rings. The molecule has 2 aromatic carbocycles. The van der Waals surface area contributed by atoms with Crippen molar-refractivity contribution in [3.63, 3.8) is 0 Å². The van der Waals surface area contributed by atoms with Gasteiger partial charge in [0.15, 0.2) is 23.0 Å². The number of aromatic nitrogens is 4. The monoisotopic (exact) mass is 419 g/mol. The molecule has 0 amide bonds. The zero-order valence-corrected chi connectivity index (χ0v) is 18.2. The predicted molar refractivity (Wildman–Crippen MR) is 120 cm³/mol. The van der Waals surface area contributed by atoms with Crippen molar-refractivity contribution in [2.75, 3.05) is 26.6 Å². The maximum absolute atomic E-state index is 5.46. The van der Waals surface area contributed by atoms with Crippen molar-refractivity contribution < 1.29 is 14.2 Å². The number of nitrogens with one attached hydrogen (secondary N) is 2. The van der Waals surface area contributed by atoms with E-state index in [4.69, 9.17) is 19.2 Å². The lowest BCUT2D eigenvalue weighted by molar-refractivity contribution is 0.324. The molecular formula is C23H25N5O3. The van der Waals surface area contributed by atoms with Gasteiger partial charge in [0.05, 0.1) is 32.9 Å². The summed E-state index contributed by atoms with van der Waals surface area (Å²) in [6.45, 7) is 4.63. The van der Waals surface area contributed by atoms with Crippen molar-refractivity contribution in [3.8, 4) is 28.6 Å². The van der Waals surface area contributed by atoms with E-state index in [-0.39, 0.29) is 0 Å². The second kappa shape index (κ2) is 8.51. The first-order valence-electron chi connectivity index (χ1n) is 9.85. The first-order chi connectivity index (χ1) is 15.0. The Balaban J connectivity index is 1.70. The van der Waals surface area contributed by atoms with Gasteiger partial charge in [-0.2, -0.15) is 5.10 Å². The number of ether oxygens (including phenoxy) is 3. The standard InChI is InChI=1S/C23H25N5O3/c1-13-6-14(2)8-16(7-13)21-26-22(17-12-25-28-23(17)27-21)24-11-15-9-18(29-3)20(31-5)19(10-15)30-4/h6-10,12H,11H2,1-5H3,(H2,24,25,26,27,28). The fourth-order valence-corrected chi connectivity index (χ4v) is 3.63. The molecule has 0 bridgehead atoms. The van der Waals surface area contributed by atoms with Crippen LogP contribution < -0.4 is 19.5 Å². The molecule has 4 aromatic rings. The molecule has 0 atom stereocenters. The minimum atomic E-state index is 0.500. The van der Waals surface area contributed by atoms with E-state index in [1.807, 2.05) is 12.1 Å². The SMILES string of the molecule is COc1cc(CNc2nc(-c3cc(C)cc(C)c3)nc3[nH]ncc23)cc(OC)c1OC. The van der Waals surface area contributed by atoms with Gasteiger partial charge in [-0.3, -0.25) is 5.10 Å². The van der Waals surface area contributed by atoms with Crippen LogP contribution in [0.1, 0.15) is 16.7 Å². The molecular weight excluding hydrogens is 394 g/mol. The number of benzene rings is 2. The highest BCUT2D eigenvalue weighted by Crippen LogP contribution is 2.38. The number of hydrogen-bond donors (Lipinski definition) is 2. The largest absolute Gasteiger partial charge is 0.493 e. The highest BCUT2D eigenvalue weighted by molar-refractivity contribution is 5.87. The topological polar surface area (TPSA) is 94.2 Å². The molecule has 0 radical (unpaired) electrons. The molecule has 0 unspecified atom stereocenters. The van der Waals surface area contributed by atoms with Crippen LogP contribution in [-0.2, 0) is 6.54 Å². The van der Waals surface area contributed by atoms with E-state index in [1.54, 1.807) is 27.5 Å². The van der Waals surface area contributed by atoms with Crippen molar-refractivity contribution in [2.45, 2.75) is 20.4 Å². The van der Waals surface area contributed by atoms with E-state index in [2.05, 4.69) is 52.5 Å². The minimum Gasteiger partial charge on any atom is -0.493 e. The molecule has 0 saturated heterocycles. The number of nitrogens with zero attached hydrogens (tertiary/aromatic N) is 3. The summed E-state index contributed by atoms with van der Waals surface area (Å²) in [6, 6.07) is 10.1. The molecule has 2 heterocycles. The molecule has 0 saturated carbocycles. The summed E-state index contributed by atoms with van der Waals surface area (Å²) in [5.41, 5.74) is 4.92. The smallest absolute Gasteiger partial charge is 0.203 e. The number of rotatable bonds is 7. The normalized spacial score (nSPS) is 10.9. The van der Waals surface area contributed by atoms with Gasteiger partial charge in [0.25, 0.3) is 0 Å². The average molecular weight is 419 g/mol. The van der Waals surface area contributed by atoms with Gasteiger partial charge in [0, 0.05) is 12.1 Å². The van der Waals surface area contributed by atoms with Crippen molar-refractivity contribution >= 4 is 16.9 Å². The Hall–Kier alpha value is -3.81. The Bertz CT molecular complexity index is 1190. The van der Waals surface area contributed by atoms with E-state index >= 15 is 0 Å². The van der Waals surface area contributed by atoms with Crippen molar-refractivity contribution in [1.82, 2.24) is 20.2 Å². The number of methoxy groups -OCH3 is 3. The summed E-state index contributed by atoms with van der Waals surface area (Å²) in [4.78, 5) is 9.45. The number of anilines is 1.